The Morgan fingerprint density at radius 2 is 2.18 bits per heavy atom. The van der Waals surface area contributed by atoms with Gasteiger partial charge < -0.3 is 10.1 Å². The van der Waals surface area contributed by atoms with E-state index in [2.05, 4.69) is 5.32 Å². The molecule has 1 saturated carbocycles. The Bertz CT molecular complexity index is 169. The SMILES string of the molecule is O=C1CO[C@@H]2CCCC[C@@H]2N1. The van der Waals surface area contributed by atoms with E-state index >= 15 is 0 Å². The minimum Gasteiger partial charge on any atom is -0.366 e. The maximum atomic E-state index is 10.9. The van der Waals surface area contributed by atoms with Crippen molar-refractivity contribution in [3.63, 3.8) is 0 Å². The molecule has 2 aliphatic rings. The molecule has 3 nitrogen and oxygen atoms in total. The van der Waals surface area contributed by atoms with Crippen LogP contribution < -0.4 is 5.32 Å². The Morgan fingerprint density at radius 1 is 1.36 bits per heavy atom. The zero-order valence-corrected chi connectivity index (χ0v) is 6.51. The van der Waals surface area contributed by atoms with Crippen LogP contribution in [0.4, 0.5) is 0 Å². The van der Waals surface area contributed by atoms with Crippen molar-refractivity contribution < 1.29 is 9.53 Å². The molecule has 1 amide bonds. The Kier molecular flexibility index (Phi) is 1.82. The predicted octanol–water partition coefficient (Wildman–Crippen LogP) is 0.444. The molecule has 0 spiro atoms. The highest BCUT2D eigenvalue weighted by atomic mass is 16.5. The van der Waals surface area contributed by atoms with E-state index in [1.54, 1.807) is 0 Å². The topological polar surface area (TPSA) is 38.3 Å². The second-order valence-corrected chi connectivity index (χ2v) is 3.31. The minimum absolute atomic E-state index is 0.0492. The summed E-state index contributed by atoms with van der Waals surface area (Å²) in [4.78, 5) is 10.9. The van der Waals surface area contributed by atoms with Crippen LogP contribution in [0.3, 0.4) is 0 Å². The quantitative estimate of drug-likeness (QED) is 0.551. The molecule has 11 heavy (non-hydrogen) atoms. The fourth-order valence-corrected chi connectivity index (χ4v) is 1.89. The normalized spacial score (nSPS) is 37.6. The monoisotopic (exact) mass is 155 g/mol. The van der Waals surface area contributed by atoms with Gasteiger partial charge in [-0.3, -0.25) is 4.79 Å². The van der Waals surface area contributed by atoms with Gasteiger partial charge in [-0.2, -0.15) is 0 Å². The lowest BCUT2D eigenvalue weighted by Crippen LogP contribution is -2.52. The van der Waals surface area contributed by atoms with Crippen LogP contribution in [0.5, 0.6) is 0 Å². The lowest BCUT2D eigenvalue weighted by atomic mass is 9.91. The van der Waals surface area contributed by atoms with Gasteiger partial charge >= 0.3 is 0 Å². The summed E-state index contributed by atoms with van der Waals surface area (Å²) in [6.45, 7) is 0.265. The van der Waals surface area contributed by atoms with Crippen LogP contribution in [0.25, 0.3) is 0 Å². The number of morpholine rings is 1. The van der Waals surface area contributed by atoms with Gasteiger partial charge in [-0.1, -0.05) is 12.8 Å². The van der Waals surface area contributed by atoms with Gasteiger partial charge in [-0.05, 0) is 12.8 Å². The number of rotatable bonds is 0. The Morgan fingerprint density at radius 3 is 3.09 bits per heavy atom. The van der Waals surface area contributed by atoms with Gasteiger partial charge in [0.1, 0.15) is 6.61 Å². The van der Waals surface area contributed by atoms with E-state index in [1.807, 2.05) is 0 Å². The maximum absolute atomic E-state index is 10.9. The highest BCUT2D eigenvalue weighted by Crippen LogP contribution is 2.22. The first-order valence-electron chi connectivity index (χ1n) is 4.27. The fraction of sp³-hybridized carbons (Fsp3) is 0.875. The molecule has 0 aromatic rings. The molecule has 1 N–H and O–H groups in total. The summed E-state index contributed by atoms with van der Waals surface area (Å²) in [7, 11) is 0. The van der Waals surface area contributed by atoms with E-state index in [-0.39, 0.29) is 12.5 Å². The summed E-state index contributed by atoms with van der Waals surface area (Å²) in [6, 6.07) is 0.310. The molecule has 0 aromatic heterocycles. The first-order chi connectivity index (χ1) is 5.36. The van der Waals surface area contributed by atoms with Crippen molar-refractivity contribution in [2.75, 3.05) is 6.61 Å². The highest BCUT2D eigenvalue weighted by molar-refractivity contribution is 5.78. The Balaban J connectivity index is 1.98. The second kappa shape index (κ2) is 2.81. The molecule has 3 heteroatoms. The first kappa shape index (κ1) is 7.10. The number of carbonyl (C=O) groups excluding carboxylic acids is 1. The molecule has 1 aliphatic heterocycles. The lowest BCUT2D eigenvalue weighted by molar-refractivity contribution is -0.138. The molecule has 2 fully saturated rings. The number of hydrogen-bond donors (Lipinski definition) is 1. The predicted molar refractivity (Wildman–Crippen MR) is 40.1 cm³/mol. The van der Waals surface area contributed by atoms with Crippen molar-refractivity contribution in [1.29, 1.82) is 0 Å². The molecule has 62 valence electrons. The van der Waals surface area contributed by atoms with E-state index in [4.69, 9.17) is 4.74 Å². The fourth-order valence-electron chi connectivity index (χ4n) is 1.89. The number of amides is 1. The zero-order chi connectivity index (χ0) is 7.68. The molecule has 0 bridgehead atoms. The van der Waals surface area contributed by atoms with Gasteiger partial charge in [0.15, 0.2) is 0 Å². The molecule has 1 heterocycles. The van der Waals surface area contributed by atoms with Crippen molar-refractivity contribution in [2.45, 2.75) is 37.8 Å². The summed E-state index contributed by atoms with van der Waals surface area (Å²) < 4.78 is 5.38. The standard InChI is InChI=1S/C8H13NO2/c10-8-5-11-7-4-2-1-3-6(7)9-8/h6-7H,1-5H2,(H,9,10)/t6-,7+/m0/s1. The van der Waals surface area contributed by atoms with Crippen LogP contribution in [0.1, 0.15) is 25.7 Å². The second-order valence-electron chi connectivity index (χ2n) is 3.31. The molecule has 0 radical (unpaired) electrons. The van der Waals surface area contributed by atoms with E-state index < -0.39 is 0 Å². The summed E-state index contributed by atoms with van der Waals surface area (Å²) in [5, 5.41) is 2.95. The van der Waals surface area contributed by atoms with Crippen molar-refractivity contribution >= 4 is 5.91 Å². The molecule has 0 unspecified atom stereocenters. The van der Waals surface area contributed by atoms with Crippen LogP contribution in [-0.2, 0) is 9.53 Å². The van der Waals surface area contributed by atoms with Crippen LogP contribution in [-0.4, -0.2) is 24.7 Å². The van der Waals surface area contributed by atoms with Crippen molar-refractivity contribution in [3.8, 4) is 0 Å². The van der Waals surface area contributed by atoms with Crippen LogP contribution in [0, 0.1) is 0 Å². The number of ether oxygens (including phenoxy) is 1. The van der Waals surface area contributed by atoms with Gasteiger partial charge in [0.05, 0.1) is 12.1 Å². The van der Waals surface area contributed by atoms with Crippen LogP contribution in [0.2, 0.25) is 0 Å². The highest BCUT2D eigenvalue weighted by Gasteiger charge is 2.31. The van der Waals surface area contributed by atoms with Crippen molar-refractivity contribution in [3.05, 3.63) is 0 Å². The van der Waals surface area contributed by atoms with Gasteiger partial charge in [0.2, 0.25) is 5.91 Å². The molecule has 2 atom stereocenters. The number of fused-ring (bicyclic) bond motifs is 1. The largest absolute Gasteiger partial charge is 0.366 e. The van der Waals surface area contributed by atoms with Gasteiger partial charge in [0, 0.05) is 0 Å². The third kappa shape index (κ3) is 1.38. The summed E-state index contributed by atoms with van der Waals surface area (Å²) >= 11 is 0. The molecule has 0 aromatic carbocycles. The Labute approximate surface area is 66.1 Å². The van der Waals surface area contributed by atoms with E-state index in [0.717, 1.165) is 12.8 Å². The van der Waals surface area contributed by atoms with Gasteiger partial charge in [0.25, 0.3) is 0 Å². The van der Waals surface area contributed by atoms with Crippen LogP contribution in [0.15, 0.2) is 0 Å². The van der Waals surface area contributed by atoms with Crippen molar-refractivity contribution in [2.24, 2.45) is 0 Å². The molecule has 2 rings (SSSR count). The summed E-state index contributed by atoms with van der Waals surface area (Å²) in [5.41, 5.74) is 0. The minimum atomic E-state index is 0.0492. The average Bonchev–Trinajstić information content (AvgIpc) is 2.04. The molecule has 1 saturated heterocycles. The third-order valence-corrected chi connectivity index (χ3v) is 2.48. The van der Waals surface area contributed by atoms with E-state index in [9.17, 15) is 4.79 Å². The Hall–Kier alpha value is -0.570. The number of nitrogens with one attached hydrogen (secondary N) is 1. The smallest absolute Gasteiger partial charge is 0.246 e. The van der Waals surface area contributed by atoms with Gasteiger partial charge in [-0.15, -0.1) is 0 Å². The number of hydrogen-bond acceptors (Lipinski definition) is 2. The van der Waals surface area contributed by atoms with E-state index in [0.29, 0.717) is 12.1 Å². The van der Waals surface area contributed by atoms with Crippen molar-refractivity contribution in [1.82, 2.24) is 5.32 Å². The summed E-state index contributed by atoms with van der Waals surface area (Å²) in [5.74, 6) is 0.0492. The maximum Gasteiger partial charge on any atom is 0.246 e. The molecular formula is C8H13NO2. The molecular weight excluding hydrogens is 142 g/mol. The zero-order valence-electron chi connectivity index (χ0n) is 6.51. The number of carbonyl (C=O) groups is 1. The van der Waals surface area contributed by atoms with Gasteiger partial charge in [-0.25, -0.2) is 0 Å². The molecule has 1 aliphatic carbocycles. The first-order valence-corrected chi connectivity index (χ1v) is 4.27. The average molecular weight is 155 g/mol. The summed E-state index contributed by atoms with van der Waals surface area (Å²) in [6.07, 6.45) is 4.99. The van der Waals surface area contributed by atoms with E-state index in [1.165, 1.54) is 12.8 Å². The third-order valence-electron chi connectivity index (χ3n) is 2.48. The lowest BCUT2D eigenvalue weighted by Gasteiger charge is -2.35. The van der Waals surface area contributed by atoms with Crippen LogP contribution >= 0.6 is 0 Å².